The van der Waals surface area contributed by atoms with Crippen LogP contribution in [0.5, 0.6) is 0 Å². The number of carbonyl (C=O) groups excluding carboxylic acids is 1. The fourth-order valence-electron chi connectivity index (χ4n) is 2.24. The van der Waals surface area contributed by atoms with Crippen LogP contribution in [0.25, 0.3) is 0 Å². The van der Waals surface area contributed by atoms with Crippen molar-refractivity contribution in [1.29, 1.82) is 0 Å². The monoisotopic (exact) mass is 268 g/mol. The van der Waals surface area contributed by atoms with Crippen molar-refractivity contribution in [1.82, 2.24) is 5.32 Å². The Morgan fingerprint density at radius 3 is 2.68 bits per heavy atom. The number of halogens is 2. The van der Waals surface area contributed by atoms with Gasteiger partial charge in [0.2, 0.25) is 5.91 Å². The minimum absolute atomic E-state index is 0.103. The Hall–Kier alpha value is -1.49. The lowest BCUT2D eigenvalue weighted by Gasteiger charge is -2.29. The summed E-state index contributed by atoms with van der Waals surface area (Å²) < 4.78 is 26.2. The van der Waals surface area contributed by atoms with Crippen molar-refractivity contribution in [3.05, 3.63) is 35.4 Å². The first-order valence-corrected chi connectivity index (χ1v) is 6.39. The summed E-state index contributed by atoms with van der Waals surface area (Å²) in [6, 6.07) is 3.22. The topological polar surface area (TPSA) is 55.1 Å². The van der Waals surface area contributed by atoms with Crippen LogP contribution >= 0.6 is 0 Å². The summed E-state index contributed by atoms with van der Waals surface area (Å²) in [5.41, 5.74) is 5.47. The Bertz CT molecular complexity index is 488. The van der Waals surface area contributed by atoms with Crippen LogP contribution in [0.1, 0.15) is 25.3 Å². The fraction of sp³-hybridized carbons (Fsp3) is 0.500. The lowest BCUT2D eigenvalue weighted by molar-refractivity contribution is -0.122. The molecule has 0 aromatic heterocycles. The largest absolute Gasteiger partial charge is 0.349 e. The number of nitrogens with two attached hydrogens (primary N) is 1. The van der Waals surface area contributed by atoms with Gasteiger partial charge in [0.25, 0.3) is 0 Å². The van der Waals surface area contributed by atoms with Gasteiger partial charge in [0.15, 0.2) is 0 Å². The molecule has 1 unspecified atom stereocenters. The van der Waals surface area contributed by atoms with Crippen LogP contribution < -0.4 is 11.1 Å². The highest BCUT2D eigenvalue weighted by Gasteiger charge is 2.41. The first-order valence-electron chi connectivity index (χ1n) is 6.39. The van der Waals surface area contributed by atoms with Gasteiger partial charge in [-0.15, -0.1) is 0 Å². The number of nitrogens with one attached hydrogen (secondary N) is 1. The molecule has 1 saturated carbocycles. The maximum Gasteiger partial charge on any atom is 0.225 e. The van der Waals surface area contributed by atoms with Gasteiger partial charge in [0, 0.05) is 12.6 Å². The Balaban J connectivity index is 2.00. The zero-order valence-electron chi connectivity index (χ0n) is 10.9. The van der Waals surface area contributed by atoms with Crippen LogP contribution in [-0.4, -0.2) is 18.0 Å². The SMILES string of the molecule is CC(CN)(NC(=O)Cc1ccc(F)cc1F)C1CC1. The highest BCUT2D eigenvalue weighted by molar-refractivity contribution is 5.79. The summed E-state index contributed by atoms with van der Waals surface area (Å²) in [5.74, 6) is -1.23. The standard InChI is InChI=1S/C14H18F2N2O/c1-14(8-17,10-3-4-10)18-13(19)6-9-2-5-11(15)7-12(9)16/h2,5,7,10H,3-4,6,8,17H2,1H3,(H,18,19). The Morgan fingerprint density at radius 2 is 2.16 bits per heavy atom. The van der Waals surface area contributed by atoms with Crippen molar-refractivity contribution in [3.8, 4) is 0 Å². The van der Waals surface area contributed by atoms with E-state index >= 15 is 0 Å². The minimum Gasteiger partial charge on any atom is -0.349 e. The van der Waals surface area contributed by atoms with E-state index in [-0.39, 0.29) is 17.9 Å². The molecule has 1 amide bonds. The van der Waals surface area contributed by atoms with Gasteiger partial charge in [-0.3, -0.25) is 4.79 Å². The smallest absolute Gasteiger partial charge is 0.225 e. The average Bonchev–Trinajstić information content (AvgIpc) is 3.17. The molecular formula is C14H18F2N2O. The van der Waals surface area contributed by atoms with E-state index in [1.54, 1.807) is 0 Å². The number of hydrogen-bond donors (Lipinski definition) is 2. The van der Waals surface area contributed by atoms with Crippen molar-refractivity contribution < 1.29 is 13.6 Å². The summed E-state index contributed by atoms with van der Waals surface area (Å²) in [6.07, 6.45) is 2.01. The summed E-state index contributed by atoms with van der Waals surface area (Å²) in [5, 5.41) is 2.87. The highest BCUT2D eigenvalue weighted by Crippen LogP contribution is 2.38. The molecule has 3 nitrogen and oxygen atoms in total. The van der Waals surface area contributed by atoms with E-state index in [0.29, 0.717) is 12.5 Å². The van der Waals surface area contributed by atoms with Crippen LogP contribution in [0.4, 0.5) is 8.78 Å². The van der Waals surface area contributed by atoms with E-state index in [0.717, 1.165) is 25.0 Å². The molecule has 0 spiro atoms. The molecule has 0 saturated heterocycles. The molecule has 104 valence electrons. The third-order valence-electron chi connectivity index (χ3n) is 3.69. The first kappa shape index (κ1) is 13.9. The zero-order chi connectivity index (χ0) is 14.0. The third-order valence-corrected chi connectivity index (χ3v) is 3.69. The van der Waals surface area contributed by atoms with E-state index in [1.165, 1.54) is 6.07 Å². The second-order valence-electron chi connectivity index (χ2n) is 5.36. The van der Waals surface area contributed by atoms with Gasteiger partial charge in [0.1, 0.15) is 11.6 Å². The van der Waals surface area contributed by atoms with Gasteiger partial charge in [-0.05, 0) is 37.3 Å². The molecule has 0 bridgehead atoms. The summed E-state index contributed by atoms with van der Waals surface area (Å²) >= 11 is 0. The average molecular weight is 268 g/mol. The molecule has 0 aliphatic heterocycles. The molecule has 19 heavy (non-hydrogen) atoms. The second-order valence-corrected chi connectivity index (χ2v) is 5.36. The third kappa shape index (κ3) is 3.29. The molecule has 3 N–H and O–H groups in total. The van der Waals surface area contributed by atoms with E-state index in [2.05, 4.69) is 5.32 Å². The molecular weight excluding hydrogens is 250 g/mol. The quantitative estimate of drug-likeness (QED) is 0.855. The molecule has 2 rings (SSSR count). The minimum atomic E-state index is -0.698. The summed E-state index contributed by atoms with van der Waals surface area (Å²) in [4.78, 5) is 11.9. The van der Waals surface area contributed by atoms with Crippen LogP contribution in [0.15, 0.2) is 18.2 Å². The Kier molecular flexibility index (Phi) is 3.85. The lowest BCUT2D eigenvalue weighted by atomic mass is 9.95. The van der Waals surface area contributed by atoms with Crippen molar-refractivity contribution >= 4 is 5.91 Å². The maximum atomic E-state index is 13.5. The molecule has 1 atom stereocenters. The number of rotatable bonds is 5. The normalized spacial score (nSPS) is 17.9. The van der Waals surface area contributed by atoms with Crippen LogP contribution in [0.2, 0.25) is 0 Å². The van der Waals surface area contributed by atoms with Gasteiger partial charge < -0.3 is 11.1 Å². The number of carbonyl (C=O) groups is 1. The van der Waals surface area contributed by atoms with E-state index < -0.39 is 17.2 Å². The predicted molar refractivity (Wildman–Crippen MR) is 68.4 cm³/mol. The summed E-state index contributed by atoms with van der Waals surface area (Å²) in [7, 11) is 0. The molecule has 1 aliphatic rings. The fourth-order valence-corrected chi connectivity index (χ4v) is 2.24. The molecule has 1 aromatic carbocycles. The van der Waals surface area contributed by atoms with Crippen molar-refractivity contribution in [3.63, 3.8) is 0 Å². The first-order chi connectivity index (χ1) is 8.94. The summed E-state index contributed by atoms with van der Waals surface area (Å²) in [6.45, 7) is 2.26. The van der Waals surface area contributed by atoms with Gasteiger partial charge in [0.05, 0.1) is 12.0 Å². The molecule has 1 fully saturated rings. The van der Waals surface area contributed by atoms with Gasteiger partial charge in [-0.25, -0.2) is 8.78 Å². The van der Waals surface area contributed by atoms with Crippen molar-refractivity contribution in [2.75, 3.05) is 6.54 Å². The number of benzene rings is 1. The van der Waals surface area contributed by atoms with E-state index in [1.807, 2.05) is 6.92 Å². The highest BCUT2D eigenvalue weighted by atomic mass is 19.1. The van der Waals surface area contributed by atoms with E-state index in [9.17, 15) is 13.6 Å². The molecule has 0 radical (unpaired) electrons. The van der Waals surface area contributed by atoms with Crippen LogP contribution in [0, 0.1) is 17.6 Å². The predicted octanol–water partition coefficient (Wildman–Crippen LogP) is 1.75. The van der Waals surface area contributed by atoms with Gasteiger partial charge in [-0.2, -0.15) is 0 Å². The second kappa shape index (κ2) is 5.25. The Labute approximate surface area is 111 Å². The van der Waals surface area contributed by atoms with Crippen LogP contribution in [0.3, 0.4) is 0 Å². The van der Waals surface area contributed by atoms with Crippen molar-refractivity contribution in [2.45, 2.75) is 31.7 Å². The number of hydrogen-bond acceptors (Lipinski definition) is 2. The molecule has 5 heteroatoms. The van der Waals surface area contributed by atoms with Gasteiger partial charge >= 0.3 is 0 Å². The maximum absolute atomic E-state index is 13.5. The van der Waals surface area contributed by atoms with Crippen molar-refractivity contribution in [2.24, 2.45) is 11.7 Å². The van der Waals surface area contributed by atoms with Gasteiger partial charge in [-0.1, -0.05) is 6.07 Å². The Morgan fingerprint density at radius 1 is 1.47 bits per heavy atom. The molecule has 1 aliphatic carbocycles. The van der Waals surface area contributed by atoms with E-state index in [4.69, 9.17) is 5.73 Å². The molecule has 1 aromatic rings. The zero-order valence-corrected chi connectivity index (χ0v) is 10.9. The van der Waals surface area contributed by atoms with Crippen LogP contribution in [-0.2, 0) is 11.2 Å². The molecule has 0 heterocycles. The lowest BCUT2D eigenvalue weighted by Crippen LogP contribution is -2.53. The number of amides is 1.